The van der Waals surface area contributed by atoms with Crippen molar-refractivity contribution in [2.75, 3.05) is 26.2 Å². The Morgan fingerprint density at radius 1 is 1.25 bits per heavy atom. The Morgan fingerprint density at radius 3 is 2.30 bits per heavy atom. The van der Waals surface area contributed by atoms with Crippen molar-refractivity contribution >= 4 is 10.2 Å². The zero-order valence-corrected chi connectivity index (χ0v) is 14.0. The van der Waals surface area contributed by atoms with E-state index < -0.39 is 10.2 Å². The molecule has 0 unspecified atom stereocenters. The average molecular weight is 305 g/mol. The van der Waals surface area contributed by atoms with E-state index >= 15 is 0 Å². The fourth-order valence-electron chi connectivity index (χ4n) is 2.68. The molecule has 0 aromatic heterocycles. The molecule has 0 aromatic rings. The lowest BCUT2D eigenvalue weighted by atomic mass is 9.99. The van der Waals surface area contributed by atoms with Gasteiger partial charge in [-0.25, -0.2) is 0 Å². The second-order valence-electron chi connectivity index (χ2n) is 6.00. The van der Waals surface area contributed by atoms with Crippen LogP contribution in [0, 0.1) is 5.92 Å². The number of rotatable bonds is 8. The first kappa shape index (κ1) is 17.9. The van der Waals surface area contributed by atoms with E-state index in [2.05, 4.69) is 6.92 Å². The van der Waals surface area contributed by atoms with Gasteiger partial charge in [-0.15, -0.1) is 0 Å². The first-order chi connectivity index (χ1) is 9.43. The Bertz CT molecular complexity index is 363. The molecule has 2 N–H and O–H groups in total. The van der Waals surface area contributed by atoms with E-state index in [0.29, 0.717) is 32.1 Å². The number of hydrogen-bond acceptors (Lipinski definition) is 3. The monoisotopic (exact) mass is 305 g/mol. The molecule has 0 aromatic carbocycles. The standard InChI is InChI=1S/C14H31N3O2S/c1-4-5-6-9-17(13(2)3)20(18,19)16-10-7-14(12-15)8-11-16/h13-14H,4-12,15H2,1-3H3. The Morgan fingerprint density at radius 2 is 1.85 bits per heavy atom. The summed E-state index contributed by atoms with van der Waals surface area (Å²) in [5.41, 5.74) is 5.67. The lowest BCUT2D eigenvalue weighted by Crippen LogP contribution is -2.50. The highest BCUT2D eigenvalue weighted by atomic mass is 32.2. The first-order valence-corrected chi connectivity index (χ1v) is 9.30. The van der Waals surface area contributed by atoms with E-state index in [-0.39, 0.29) is 6.04 Å². The smallest absolute Gasteiger partial charge is 0.282 e. The quantitative estimate of drug-likeness (QED) is 0.695. The topological polar surface area (TPSA) is 66.6 Å². The fraction of sp³-hybridized carbons (Fsp3) is 1.00. The van der Waals surface area contributed by atoms with Crippen LogP contribution >= 0.6 is 0 Å². The maximum Gasteiger partial charge on any atom is 0.282 e. The third-order valence-electron chi connectivity index (χ3n) is 4.09. The second-order valence-corrected chi connectivity index (χ2v) is 7.88. The van der Waals surface area contributed by atoms with Crippen LogP contribution in [0.4, 0.5) is 0 Å². The minimum absolute atomic E-state index is 0.0177. The van der Waals surface area contributed by atoms with Gasteiger partial charge in [0.2, 0.25) is 0 Å². The summed E-state index contributed by atoms with van der Waals surface area (Å²) in [5, 5.41) is 0. The summed E-state index contributed by atoms with van der Waals surface area (Å²) >= 11 is 0. The van der Waals surface area contributed by atoms with Crippen molar-refractivity contribution in [3.63, 3.8) is 0 Å². The molecular formula is C14H31N3O2S. The van der Waals surface area contributed by atoms with E-state index in [1.807, 2.05) is 13.8 Å². The predicted molar refractivity (Wildman–Crippen MR) is 83.6 cm³/mol. The van der Waals surface area contributed by atoms with Gasteiger partial charge in [0.05, 0.1) is 0 Å². The molecule has 1 rings (SSSR count). The normalized spacial score (nSPS) is 19.1. The molecule has 0 bridgehead atoms. The summed E-state index contributed by atoms with van der Waals surface area (Å²) in [7, 11) is -3.31. The van der Waals surface area contributed by atoms with Crippen LogP contribution in [-0.4, -0.2) is 49.2 Å². The molecule has 20 heavy (non-hydrogen) atoms. The average Bonchev–Trinajstić information content (AvgIpc) is 2.43. The summed E-state index contributed by atoms with van der Waals surface area (Å²) < 4.78 is 28.8. The van der Waals surface area contributed by atoms with E-state index in [1.165, 1.54) is 0 Å². The molecule has 1 saturated heterocycles. The van der Waals surface area contributed by atoms with E-state index in [9.17, 15) is 8.42 Å². The summed E-state index contributed by atoms with van der Waals surface area (Å²) in [6.45, 7) is 8.56. The van der Waals surface area contributed by atoms with Gasteiger partial charge in [0, 0.05) is 25.7 Å². The lowest BCUT2D eigenvalue weighted by Gasteiger charge is -2.36. The van der Waals surface area contributed by atoms with Crippen molar-refractivity contribution in [1.29, 1.82) is 0 Å². The maximum atomic E-state index is 12.7. The summed E-state index contributed by atoms with van der Waals surface area (Å²) in [6, 6.07) is 0.0177. The molecule has 0 spiro atoms. The lowest BCUT2D eigenvalue weighted by molar-refractivity contribution is 0.245. The highest BCUT2D eigenvalue weighted by Crippen LogP contribution is 2.22. The SMILES string of the molecule is CCCCCN(C(C)C)S(=O)(=O)N1CCC(CN)CC1. The van der Waals surface area contributed by atoms with Gasteiger partial charge in [0.15, 0.2) is 0 Å². The Hall–Kier alpha value is -0.170. The Balaban J connectivity index is 2.68. The van der Waals surface area contributed by atoms with Gasteiger partial charge in [-0.3, -0.25) is 0 Å². The molecule has 1 heterocycles. The highest BCUT2D eigenvalue weighted by molar-refractivity contribution is 7.86. The van der Waals surface area contributed by atoms with Crippen molar-refractivity contribution in [3.05, 3.63) is 0 Å². The van der Waals surface area contributed by atoms with Crippen molar-refractivity contribution in [2.45, 2.75) is 58.9 Å². The minimum atomic E-state index is -3.31. The third kappa shape index (κ3) is 4.69. The summed E-state index contributed by atoms with van der Waals surface area (Å²) in [5.74, 6) is 0.481. The molecule has 120 valence electrons. The maximum absolute atomic E-state index is 12.7. The molecule has 0 atom stereocenters. The van der Waals surface area contributed by atoms with Gasteiger partial charge in [0.1, 0.15) is 0 Å². The van der Waals surface area contributed by atoms with Crippen LogP contribution in [-0.2, 0) is 10.2 Å². The molecule has 0 aliphatic carbocycles. The molecule has 6 heteroatoms. The van der Waals surface area contributed by atoms with Gasteiger partial charge in [-0.1, -0.05) is 19.8 Å². The third-order valence-corrected chi connectivity index (χ3v) is 6.30. The Labute approximate surface area is 124 Å². The Kier molecular flexibility index (Phi) is 7.43. The molecule has 0 amide bonds. The van der Waals surface area contributed by atoms with Crippen molar-refractivity contribution in [1.82, 2.24) is 8.61 Å². The van der Waals surface area contributed by atoms with Gasteiger partial charge in [0.25, 0.3) is 10.2 Å². The number of nitrogens with zero attached hydrogens (tertiary/aromatic N) is 2. The molecule has 1 aliphatic rings. The van der Waals surface area contributed by atoms with Crippen LogP contribution in [0.25, 0.3) is 0 Å². The van der Waals surface area contributed by atoms with Gasteiger partial charge in [-0.2, -0.15) is 17.0 Å². The van der Waals surface area contributed by atoms with Gasteiger partial charge >= 0.3 is 0 Å². The van der Waals surface area contributed by atoms with Crippen molar-refractivity contribution in [3.8, 4) is 0 Å². The zero-order valence-electron chi connectivity index (χ0n) is 13.2. The molecule has 0 saturated carbocycles. The van der Waals surface area contributed by atoms with Crippen LogP contribution in [0.5, 0.6) is 0 Å². The molecule has 1 fully saturated rings. The second kappa shape index (κ2) is 8.32. The van der Waals surface area contributed by atoms with Gasteiger partial charge < -0.3 is 5.73 Å². The number of hydrogen-bond donors (Lipinski definition) is 1. The summed E-state index contributed by atoms with van der Waals surface area (Å²) in [4.78, 5) is 0. The first-order valence-electron chi connectivity index (χ1n) is 7.90. The molecule has 0 radical (unpaired) electrons. The van der Waals surface area contributed by atoms with Crippen LogP contribution in [0.1, 0.15) is 52.9 Å². The van der Waals surface area contributed by atoms with Crippen LogP contribution in [0.3, 0.4) is 0 Å². The highest BCUT2D eigenvalue weighted by Gasteiger charge is 2.33. The molecule has 1 aliphatic heterocycles. The predicted octanol–water partition coefficient (Wildman–Crippen LogP) is 1.80. The zero-order chi connectivity index (χ0) is 15.2. The van der Waals surface area contributed by atoms with E-state index in [4.69, 9.17) is 5.73 Å². The fourth-order valence-corrected chi connectivity index (χ4v) is 4.54. The number of piperidine rings is 1. The number of unbranched alkanes of at least 4 members (excludes halogenated alkanes) is 2. The summed E-state index contributed by atoms with van der Waals surface area (Å²) in [6.07, 6.45) is 4.89. The molecular weight excluding hydrogens is 274 g/mol. The van der Waals surface area contributed by atoms with Crippen LogP contribution in [0.15, 0.2) is 0 Å². The van der Waals surface area contributed by atoms with Crippen molar-refractivity contribution < 1.29 is 8.42 Å². The number of nitrogens with two attached hydrogens (primary N) is 1. The van der Waals surface area contributed by atoms with E-state index in [0.717, 1.165) is 32.1 Å². The van der Waals surface area contributed by atoms with E-state index in [1.54, 1.807) is 8.61 Å². The molecule has 5 nitrogen and oxygen atoms in total. The largest absolute Gasteiger partial charge is 0.330 e. The van der Waals surface area contributed by atoms with Crippen molar-refractivity contribution in [2.24, 2.45) is 11.7 Å². The van der Waals surface area contributed by atoms with Crippen LogP contribution in [0.2, 0.25) is 0 Å². The van der Waals surface area contributed by atoms with Gasteiger partial charge in [-0.05, 0) is 45.6 Å². The minimum Gasteiger partial charge on any atom is -0.330 e. The van der Waals surface area contributed by atoms with Crippen LogP contribution < -0.4 is 5.73 Å².